The molecule has 7 heteroatoms. The van der Waals surface area contributed by atoms with Crippen LogP contribution in [0.15, 0.2) is 59.1 Å². The second kappa shape index (κ2) is 8.26. The van der Waals surface area contributed by atoms with E-state index in [9.17, 15) is 14.0 Å². The molecule has 0 atom stereocenters. The summed E-state index contributed by atoms with van der Waals surface area (Å²) in [5.41, 5.74) is 2.09. The Labute approximate surface area is 167 Å². The fourth-order valence-electron chi connectivity index (χ4n) is 2.84. The highest BCUT2D eigenvalue weighted by molar-refractivity contribution is 5.95. The van der Waals surface area contributed by atoms with Crippen LogP contribution in [0, 0.1) is 11.7 Å². The summed E-state index contributed by atoms with van der Waals surface area (Å²) < 4.78 is 18.6. The van der Waals surface area contributed by atoms with Gasteiger partial charge in [0.15, 0.2) is 11.7 Å². The van der Waals surface area contributed by atoms with Gasteiger partial charge in [-0.15, -0.1) is 0 Å². The van der Waals surface area contributed by atoms with E-state index in [2.05, 4.69) is 15.6 Å². The molecule has 0 unspecified atom stereocenters. The average Bonchev–Trinajstić information content (AvgIpc) is 3.47. The lowest BCUT2D eigenvalue weighted by Gasteiger charge is -2.07. The lowest BCUT2D eigenvalue weighted by molar-refractivity contribution is -0.117. The summed E-state index contributed by atoms with van der Waals surface area (Å²) in [7, 11) is 0. The van der Waals surface area contributed by atoms with E-state index in [0.29, 0.717) is 29.4 Å². The summed E-state index contributed by atoms with van der Waals surface area (Å²) >= 11 is 0. The van der Waals surface area contributed by atoms with Gasteiger partial charge in [0.05, 0.1) is 6.20 Å². The largest absolute Gasteiger partial charge is 0.441 e. The van der Waals surface area contributed by atoms with Gasteiger partial charge >= 0.3 is 0 Å². The molecule has 0 saturated heterocycles. The fourth-order valence-corrected chi connectivity index (χ4v) is 2.84. The molecule has 1 saturated carbocycles. The summed E-state index contributed by atoms with van der Waals surface area (Å²) in [6, 6.07) is 13.0. The number of aryl methyl sites for hydroxylation is 1. The van der Waals surface area contributed by atoms with E-state index >= 15 is 0 Å². The Morgan fingerprint density at radius 2 is 1.66 bits per heavy atom. The average molecular weight is 393 g/mol. The summed E-state index contributed by atoms with van der Waals surface area (Å²) in [4.78, 5) is 28.1. The van der Waals surface area contributed by atoms with Crippen molar-refractivity contribution in [1.29, 1.82) is 0 Å². The lowest BCUT2D eigenvalue weighted by Crippen LogP contribution is -2.14. The molecule has 0 aliphatic heterocycles. The molecule has 1 aliphatic rings. The molecule has 1 aromatic heterocycles. The van der Waals surface area contributed by atoms with E-state index in [4.69, 9.17) is 4.42 Å². The lowest BCUT2D eigenvalue weighted by atomic mass is 10.2. The van der Waals surface area contributed by atoms with Gasteiger partial charge in [-0.2, -0.15) is 0 Å². The molecule has 3 aromatic rings. The Morgan fingerprint density at radius 3 is 2.31 bits per heavy atom. The number of rotatable bonds is 7. The van der Waals surface area contributed by atoms with Crippen LogP contribution in [0.2, 0.25) is 0 Å². The van der Waals surface area contributed by atoms with Crippen molar-refractivity contribution in [3.05, 3.63) is 66.4 Å². The molecule has 0 spiro atoms. The molecule has 4 rings (SSSR count). The Balaban J connectivity index is 1.26. The minimum absolute atomic E-state index is 0.0488. The third kappa shape index (κ3) is 5.07. The van der Waals surface area contributed by atoms with E-state index in [-0.39, 0.29) is 30.0 Å². The van der Waals surface area contributed by atoms with E-state index in [1.54, 1.807) is 42.6 Å². The SMILES string of the molecule is O=C(CCc1ncc(-c2ccc(F)cc2)o1)Nc1ccc(NC(=O)C2CC2)cc1. The molecule has 2 aromatic carbocycles. The Morgan fingerprint density at radius 1 is 1.00 bits per heavy atom. The highest BCUT2D eigenvalue weighted by atomic mass is 19.1. The number of nitrogens with one attached hydrogen (secondary N) is 2. The van der Waals surface area contributed by atoms with E-state index < -0.39 is 0 Å². The highest BCUT2D eigenvalue weighted by Crippen LogP contribution is 2.30. The minimum Gasteiger partial charge on any atom is -0.441 e. The number of hydrogen-bond donors (Lipinski definition) is 2. The van der Waals surface area contributed by atoms with Crippen LogP contribution >= 0.6 is 0 Å². The number of halogens is 1. The molecule has 0 bridgehead atoms. The monoisotopic (exact) mass is 393 g/mol. The molecule has 1 heterocycles. The second-order valence-corrected chi connectivity index (χ2v) is 7.01. The van der Waals surface area contributed by atoms with Crippen molar-refractivity contribution < 1.29 is 18.4 Å². The third-order valence-electron chi connectivity index (χ3n) is 4.63. The first-order chi connectivity index (χ1) is 14.1. The van der Waals surface area contributed by atoms with Crippen LogP contribution in [0.5, 0.6) is 0 Å². The van der Waals surface area contributed by atoms with Gasteiger partial charge in [0.2, 0.25) is 11.8 Å². The van der Waals surface area contributed by atoms with Crippen LogP contribution in [0.1, 0.15) is 25.2 Å². The predicted octanol–water partition coefficient (Wildman–Crippen LogP) is 4.40. The van der Waals surface area contributed by atoms with Gasteiger partial charge in [-0.25, -0.2) is 9.37 Å². The number of anilines is 2. The van der Waals surface area contributed by atoms with Gasteiger partial charge < -0.3 is 15.1 Å². The molecule has 1 fully saturated rings. The number of benzene rings is 2. The van der Waals surface area contributed by atoms with Crippen molar-refractivity contribution in [2.75, 3.05) is 10.6 Å². The third-order valence-corrected chi connectivity index (χ3v) is 4.63. The van der Waals surface area contributed by atoms with Crippen molar-refractivity contribution in [1.82, 2.24) is 4.98 Å². The van der Waals surface area contributed by atoms with Gasteiger partial charge in [-0.1, -0.05) is 0 Å². The molecular formula is C22H20FN3O3. The van der Waals surface area contributed by atoms with Crippen LogP contribution in [-0.4, -0.2) is 16.8 Å². The van der Waals surface area contributed by atoms with Gasteiger partial charge in [0.1, 0.15) is 5.82 Å². The number of aromatic nitrogens is 1. The van der Waals surface area contributed by atoms with Crippen LogP contribution in [0.3, 0.4) is 0 Å². The smallest absolute Gasteiger partial charge is 0.227 e. The second-order valence-electron chi connectivity index (χ2n) is 7.01. The minimum atomic E-state index is -0.316. The normalized spacial score (nSPS) is 13.1. The van der Waals surface area contributed by atoms with E-state index in [1.165, 1.54) is 12.1 Å². The molecule has 0 radical (unpaired) electrons. The summed E-state index contributed by atoms with van der Waals surface area (Å²) in [6.45, 7) is 0. The highest BCUT2D eigenvalue weighted by Gasteiger charge is 2.29. The van der Waals surface area contributed by atoms with Crippen molar-refractivity contribution in [3.63, 3.8) is 0 Å². The summed E-state index contributed by atoms with van der Waals surface area (Å²) in [5.74, 6) is 0.688. The fraction of sp³-hybridized carbons (Fsp3) is 0.227. The van der Waals surface area contributed by atoms with Crippen LogP contribution < -0.4 is 10.6 Å². The van der Waals surface area contributed by atoms with Crippen molar-refractivity contribution in [2.45, 2.75) is 25.7 Å². The van der Waals surface area contributed by atoms with Gasteiger partial charge in [-0.3, -0.25) is 9.59 Å². The zero-order valence-electron chi connectivity index (χ0n) is 15.7. The maximum absolute atomic E-state index is 13.0. The molecule has 6 nitrogen and oxygen atoms in total. The topological polar surface area (TPSA) is 84.2 Å². The molecule has 29 heavy (non-hydrogen) atoms. The zero-order chi connectivity index (χ0) is 20.2. The Hall–Kier alpha value is -3.48. The maximum atomic E-state index is 13.0. The first-order valence-electron chi connectivity index (χ1n) is 9.48. The predicted molar refractivity (Wildman–Crippen MR) is 107 cm³/mol. The van der Waals surface area contributed by atoms with Crippen LogP contribution in [0.4, 0.5) is 15.8 Å². The quantitative estimate of drug-likeness (QED) is 0.623. The van der Waals surface area contributed by atoms with Gasteiger partial charge in [-0.05, 0) is 61.4 Å². The standard InChI is InChI=1S/C22H20FN3O3/c23-16-5-3-14(4-6-16)19-13-24-21(29-19)12-11-20(27)25-17-7-9-18(10-8-17)26-22(28)15-1-2-15/h3-10,13,15H,1-2,11-12H2,(H,25,27)(H,26,28). The van der Waals surface area contributed by atoms with Crippen molar-refractivity contribution in [2.24, 2.45) is 5.92 Å². The molecular weight excluding hydrogens is 373 g/mol. The Kier molecular flexibility index (Phi) is 5.37. The zero-order valence-corrected chi connectivity index (χ0v) is 15.7. The van der Waals surface area contributed by atoms with Crippen LogP contribution in [-0.2, 0) is 16.0 Å². The molecule has 148 valence electrons. The number of carbonyl (C=O) groups excluding carboxylic acids is 2. The summed E-state index contributed by atoms with van der Waals surface area (Å²) in [5, 5.41) is 5.67. The number of oxazole rings is 1. The maximum Gasteiger partial charge on any atom is 0.227 e. The number of carbonyl (C=O) groups is 2. The number of nitrogens with zero attached hydrogens (tertiary/aromatic N) is 1. The van der Waals surface area contributed by atoms with E-state index in [0.717, 1.165) is 18.4 Å². The van der Waals surface area contributed by atoms with Crippen molar-refractivity contribution in [3.8, 4) is 11.3 Å². The molecule has 2 N–H and O–H groups in total. The number of hydrogen-bond acceptors (Lipinski definition) is 4. The Bertz CT molecular complexity index is 1010. The summed E-state index contributed by atoms with van der Waals surface area (Å²) in [6.07, 6.45) is 4.03. The number of amides is 2. The first-order valence-corrected chi connectivity index (χ1v) is 9.48. The van der Waals surface area contributed by atoms with Crippen molar-refractivity contribution >= 4 is 23.2 Å². The van der Waals surface area contributed by atoms with Gasteiger partial charge in [0, 0.05) is 35.7 Å². The van der Waals surface area contributed by atoms with Crippen LogP contribution in [0.25, 0.3) is 11.3 Å². The van der Waals surface area contributed by atoms with E-state index in [1.807, 2.05) is 0 Å². The molecule has 1 aliphatic carbocycles. The first kappa shape index (κ1) is 18.9. The van der Waals surface area contributed by atoms with Gasteiger partial charge in [0.25, 0.3) is 0 Å². The molecule has 2 amide bonds.